The normalized spacial score (nSPS) is 12.8. The Bertz CT molecular complexity index is 187. The van der Waals surface area contributed by atoms with Crippen molar-refractivity contribution in [2.45, 2.75) is 65.7 Å². The van der Waals surface area contributed by atoms with Gasteiger partial charge < -0.3 is 4.74 Å². The number of ether oxygens (including phenoxy) is 1. The summed E-state index contributed by atoms with van der Waals surface area (Å²) in [6, 6.07) is 0. The van der Waals surface area contributed by atoms with Crippen LogP contribution in [0.2, 0.25) is 0 Å². The van der Waals surface area contributed by atoms with E-state index in [2.05, 4.69) is 27.7 Å². The third-order valence-corrected chi connectivity index (χ3v) is 3.03. The monoisotopic (exact) mass is 241 g/mol. The van der Waals surface area contributed by atoms with Crippen molar-refractivity contribution in [2.24, 2.45) is 11.8 Å². The van der Waals surface area contributed by atoms with Gasteiger partial charge in [0.1, 0.15) is 0 Å². The molecule has 0 N–H and O–H groups in total. The highest BCUT2D eigenvalue weighted by atomic mass is 16.5. The maximum atomic E-state index is 11.3. The molecular formula is C15H29O2. The van der Waals surface area contributed by atoms with Gasteiger partial charge in [-0.15, -0.1) is 0 Å². The largest absolute Gasteiger partial charge is 0.466 e. The van der Waals surface area contributed by atoms with Crippen molar-refractivity contribution in [3.05, 3.63) is 6.92 Å². The molecule has 0 aliphatic rings. The molecule has 2 heteroatoms. The summed E-state index contributed by atoms with van der Waals surface area (Å²) in [7, 11) is 0. The molecule has 0 heterocycles. The summed E-state index contributed by atoms with van der Waals surface area (Å²) in [6.07, 6.45) is 7.08. The summed E-state index contributed by atoms with van der Waals surface area (Å²) >= 11 is 0. The van der Waals surface area contributed by atoms with Crippen molar-refractivity contribution in [3.8, 4) is 0 Å². The molecule has 0 rings (SSSR count). The molecule has 0 spiro atoms. The van der Waals surface area contributed by atoms with E-state index in [1.165, 1.54) is 12.8 Å². The fraction of sp³-hybridized carbons (Fsp3) is 0.867. The van der Waals surface area contributed by atoms with Crippen LogP contribution in [0, 0.1) is 18.8 Å². The van der Waals surface area contributed by atoms with Gasteiger partial charge in [0.25, 0.3) is 0 Å². The van der Waals surface area contributed by atoms with Crippen molar-refractivity contribution in [1.29, 1.82) is 0 Å². The van der Waals surface area contributed by atoms with Crippen LogP contribution >= 0.6 is 0 Å². The molecule has 1 atom stereocenters. The van der Waals surface area contributed by atoms with Gasteiger partial charge in [0, 0.05) is 6.42 Å². The van der Waals surface area contributed by atoms with Crippen LogP contribution in [0.4, 0.5) is 0 Å². The Morgan fingerprint density at radius 1 is 1.12 bits per heavy atom. The lowest BCUT2D eigenvalue weighted by molar-refractivity contribution is -0.144. The Morgan fingerprint density at radius 2 is 1.82 bits per heavy atom. The molecule has 0 aliphatic carbocycles. The summed E-state index contributed by atoms with van der Waals surface area (Å²) in [5.41, 5.74) is 0. The Kier molecular flexibility index (Phi) is 10.3. The molecule has 0 aromatic carbocycles. The topological polar surface area (TPSA) is 26.3 Å². The molecule has 0 saturated carbocycles. The molecule has 0 fully saturated rings. The molecule has 0 aliphatic heterocycles. The molecule has 2 nitrogen and oxygen atoms in total. The molecule has 0 aromatic heterocycles. The van der Waals surface area contributed by atoms with Crippen LogP contribution in [0.1, 0.15) is 65.7 Å². The summed E-state index contributed by atoms with van der Waals surface area (Å²) in [6.45, 7) is 11.0. The molecule has 0 aromatic rings. The third kappa shape index (κ3) is 11.7. The predicted molar refractivity (Wildman–Crippen MR) is 72.6 cm³/mol. The van der Waals surface area contributed by atoms with Crippen molar-refractivity contribution < 1.29 is 9.53 Å². The zero-order valence-electron chi connectivity index (χ0n) is 11.8. The Balaban J connectivity index is 3.27. The quantitative estimate of drug-likeness (QED) is 0.419. The van der Waals surface area contributed by atoms with Crippen LogP contribution in [0.25, 0.3) is 0 Å². The van der Waals surface area contributed by atoms with Gasteiger partial charge in [-0.2, -0.15) is 0 Å². The number of hydrogen-bond acceptors (Lipinski definition) is 2. The maximum Gasteiger partial charge on any atom is 0.305 e. The molecule has 0 amide bonds. The van der Waals surface area contributed by atoms with Gasteiger partial charge in [-0.1, -0.05) is 53.4 Å². The zero-order valence-corrected chi connectivity index (χ0v) is 11.8. The number of carbonyl (C=O) groups excluding carboxylic acids is 1. The van der Waals surface area contributed by atoms with E-state index in [1.807, 2.05) is 0 Å². The number of unbranched alkanes of at least 4 members (excludes halogenated alkanes) is 2. The van der Waals surface area contributed by atoms with Gasteiger partial charge >= 0.3 is 5.97 Å². The lowest BCUT2D eigenvalue weighted by atomic mass is 10.0. The van der Waals surface area contributed by atoms with Crippen LogP contribution in [0.15, 0.2) is 0 Å². The lowest BCUT2D eigenvalue weighted by Gasteiger charge is -2.08. The average molecular weight is 241 g/mol. The van der Waals surface area contributed by atoms with Gasteiger partial charge in [0.05, 0.1) is 6.61 Å². The molecule has 1 unspecified atom stereocenters. The highest BCUT2D eigenvalue weighted by Gasteiger charge is 2.04. The number of esters is 1. The fourth-order valence-corrected chi connectivity index (χ4v) is 1.56. The summed E-state index contributed by atoms with van der Waals surface area (Å²) in [5, 5.41) is 0. The van der Waals surface area contributed by atoms with E-state index in [9.17, 15) is 4.79 Å². The van der Waals surface area contributed by atoms with E-state index in [0.29, 0.717) is 24.9 Å². The van der Waals surface area contributed by atoms with Crippen LogP contribution < -0.4 is 0 Å². The van der Waals surface area contributed by atoms with Gasteiger partial charge in [-0.05, 0) is 24.7 Å². The van der Waals surface area contributed by atoms with E-state index in [0.717, 1.165) is 25.7 Å². The first-order valence-electron chi connectivity index (χ1n) is 7.01. The number of hydrogen-bond donors (Lipinski definition) is 0. The summed E-state index contributed by atoms with van der Waals surface area (Å²) < 4.78 is 5.15. The van der Waals surface area contributed by atoms with Gasteiger partial charge in [0.2, 0.25) is 0 Å². The van der Waals surface area contributed by atoms with E-state index >= 15 is 0 Å². The van der Waals surface area contributed by atoms with Crippen LogP contribution in [-0.2, 0) is 9.53 Å². The first kappa shape index (κ1) is 16.5. The fourth-order valence-electron chi connectivity index (χ4n) is 1.56. The van der Waals surface area contributed by atoms with Gasteiger partial charge in [0.15, 0.2) is 0 Å². The van der Waals surface area contributed by atoms with Crippen molar-refractivity contribution in [2.75, 3.05) is 6.61 Å². The molecule has 1 radical (unpaired) electrons. The Labute approximate surface area is 107 Å². The Hall–Kier alpha value is -0.530. The zero-order chi connectivity index (χ0) is 13.1. The minimum absolute atomic E-state index is 0.0316. The van der Waals surface area contributed by atoms with E-state index < -0.39 is 0 Å². The van der Waals surface area contributed by atoms with Crippen LogP contribution in [0.5, 0.6) is 0 Å². The van der Waals surface area contributed by atoms with E-state index in [4.69, 9.17) is 4.74 Å². The maximum absolute atomic E-state index is 11.3. The average Bonchev–Trinajstić information content (AvgIpc) is 2.27. The van der Waals surface area contributed by atoms with Crippen molar-refractivity contribution in [3.63, 3.8) is 0 Å². The summed E-state index contributed by atoms with van der Waals surface area (Å²) in [4.78, 5) is 11.3. The first-order chi connectivity index (χ1) is 8.06. The number of rotatable bonds is 10. The molecule has 0 bridgehead atoms. The lowest BCUT2D eigenvalue weighted by Crippen LogP contribution is -2.07. The van der Waals surface area contributed by atoms with Crippen molar-refractivity contribution >= 4 is 5.97 Å². The van der Waals surface area contributed by atoms with Crippen LogP contribution in [-0.4, -0.2) is 12.6 Å². The minimum Gasteiger partial charge on any atom is -0.466 e. The standard InChI is InChI=1S/C15H29O2/c1-5-14(4)9-7-6-8-10-15(16)17-12-11-13(2)3/h13-14H,1,5-12H2,2-4H3. The second kappa shape index (κ2) is 10.6. The highest BCUT2D eigenvalue weighted by molar-refractivity contribution is 5.69. The SMILES string of the molecule is [CH2]CC(C)CCCCCC(=O)OCCC(C)C. The number of carbonyl (C=O) groups is 1. The van der Waals surface area contributed by atoms with E-state index in [1.54, 1.807) is 0 Å². The van der Waals surface area contributed by atoms with E-state index in [-0.39, 0.29) is 5.97 Å². The highest BCUT2D eigenvalue weighted by Crippen LogP contribution is 2.13. The predicted octanol–water partition coefficient (Wildman–Crippen LogP) is 4.39. The molecule has 101 valence electrons. The smallest absolute Gasteiger partial charge is 0.305 e. The molecule has 0 saturated heterocycles. The van der Waals surface area contributed by atoms with Gasteiger partial charge in [-0.3, -0.25) is 4.79 Å². The van der Waals surface area contributed by atoms with Crippen LogP contribution in [0.3, 0.4) is 0 Å². The van der Waals surface area contributed by atoms with Crippen molar-refractivity contribution in [1.82, 2.24) is 0 Å². The Morgan fingerprint density at radius 3 is 2.41 bits per heavy atom. The third-order valence-electron chi connectivity index (χ3n) is 3.03. The minimum atomic E-state index is -0.0316. The molecule has 17 heavy (non-hydrogen) atoms. The molecular weight excluding hydrogens is 212 g/mol. The second-order valence-corrected chi connectivity index (χ2v) is 5.40. The second-order valence-electron chi connectivity index (χ2n) is 5.40. The van der Waals surface area contributed by atoms with Gasteiger partial charge in [-0.25, -0.2) is 0 Å². The summed E-state index contributed by atoms with van der Waals surface area (Å²) in [5.74, 6) is 1.29. The first-order valence-corrected chi connectivity index (χ1v) is 7.01.